The molecule has 0 spiro atoms. The van der Waals surface area contributed by atoms with Crippen molar-refractivity contribution >= 4 is 28.3 Å². The van der Waals surface area contributed by atoms with Gasteiger partial charge in [-0.2, -0.15) is 0 Å². The number of morpholine rings is 1. The van der Waals surface area contributed by atoms with Crippen molar-refractivity contribution in [2.45, 2.75) is 26.2 Å². The lowest BCUT2D eigenvalue weighted by Crippen LogP contribution is -2.36. The Hall–Kier alpha value is -0.290. The van der Waals surface area contributed by atoms with E-state index in [2.05, 4.69) is 66.5 Å². The molecule has 17 heavy (non-hydrogen) atoms. The van der Waals surface area contributed by atoms with Crippen LogP contribution in [0.15, 0.2) is 18.2 Å². The van der Waals surface area contributed by atoms with E-state index in [0.29, 0.717) is 0 Å². The van der Waals surface area contributed by atoms with Gasteiger partial charge in [0.05, 0.1) is 18.9 Å². The molecule has 0 aromatic heterocycles. The molecule has 2 nitrogen and oxygen atoms in total. The zero-order valence-corrected chi connectivity index (χ0v) is 13.0. The molecule has 0 bridgehead atoms. The molecule has 1 aliphatic rings. The molecule has 0 unspecified atom stereocenters. The van der Waals surface area contributed by atoms with E-state index in [1.54, 1.807) is 0 Å². The molecule has 1 aliphatic heterocycles. The lowest BCUT2D eigenvalue weighted by molar-refractivity contribution is 0.122. The summed E-state index contributed by atoms with van der Waals surface area (Å²) in [4.78, 5) is 2.43. The van der Waals surface area contributed by atoms with Gasteiger partial charge in [0.2, 0.25) is 0 Å². The number of anilines is 1. The molecule has 1 aromatic rings. The predicted molar refractivity (Wildman–Crippen MR) is 80.9 cm³/mol. The summed E-state index contributed by atoms with van der Waals surface area (Å²) in [6, 6.07) is 6.81. The fourth-order valence-electron chi connectivity index (χ4n) is 2.03. The standard InChI is InChI=1S/C14H20INO/c1-14(2,3)11-4-5-12(15)13(10-11)16-6-8-17-9-7-16/h4-5,10H,6-9H2,1-3H3. The van der Waals surface area contributed by atoms with Crippen LogP contribution in [0.1, 0.15) is 26.3 Å². The van der Waals surface area contributed by atoms with Crippen LogP contribution in [-0.2, 0) is 10.2 Å². The van der Waals surface area contributed by atoms with Crippen LogP contribution in [0.3, 0.4) is 0 Å². The van der Waals surface area contributed by atoms with Crippen molar-refractivity contribution < 1.29 is 4.74 Å². The van der Waals surface area contributed by atoms with E-state index in [9.17, 15) is 0 Å². The van der Waals surface area contributed by atoms with Gasteiger partial charge in [-0.05, 0) is 45.7 Å². The summed E-state index contributed by atoms with van der Waals surface area (Å²) >= 11 is 2.43. The molecule has 1 saturated heterocycles. The SMILES string of the molecule is CC(C)(C)c1ccc(I)c(N2CCOCC2)c1. The van der Waals surface area contributed by atoms with Crippen molar-refractivity contribution in [3.8, 4) is 0 Å². The van der Waals surface area contributed by atoms with Crippen LogP contribution in [0.5, 0.6) is 0 Å². The van der Waals surface area contributed by atoms with Crippen molar-refractivity contribution in [1.82, 2.24) is 0 Å². The van der Waals surface area contributed by atoms with E-state index < -0.39 is 0 Å². The van der Waals surface area contributed by atoms with Crippen molar-refractivity contribution in [1.29, 1.82) is 0 Å². The number of nitrogens with zero attached hydrogens (tertiary/aromatic N) is 1. The topological polar surface area (TPSA) is 12.5 Å². The maximum Gasteiger partial charge on any atom is 0.0642 e. The molecule has 1 fully saturated rings. The summed E-state index contributed by atoms with van der Waals surface area (Å²) in [6.45, 7) is 10.5. The molecular formula is C14H20INO. The van der Waals surface area contributed by atoms with Crippen molar-refractivity contribution in [3.05, 3.63) is 27.3 Å². The largest absolute Gasteiger partial charge is 0.378 e. The van der Waals surface area contributed by atoms with E-state index in [4.69, 9.17) is 4.74 Å². The van der Waals surface area contributed by atoms with Gasteiger partial charge in [0.25, 0.3) is 0 Å². The van der Waals surface area contributed by atoms with E-state index in [1.807, 2.05) is 0 Å². The average molecular weight is 345 g/mol. The van der Waals surface area contributed by atoms with Crippen molar-refractivity contribution in [3.63, 3.8) is 0 Å². The van der Waals surface area contributed by atoms with Gasteiger partial charge in [-0.1, -0.05) is 26.8 Å². The highest BCUT2D eigenvalue weighted by atomic mass is 127. The van der Waals surface area contributed by atoms with E-state index in [-0.39, 0.29) is 5.41 Å². The second-order valence-electron chi connectivity index (χ2n) is 5.52. The molecule has 0 saturated carbocycles. The number of ether oxygens (including phenoxy) is 1. The summed E-state index contributed by atoms with van der Waals surface area (Å²) in [7, 11) is 0. The minimum absolute atomic E-state index is 0.214. The lowest BCUT2D eigenvalue weighted by atomic mass is 9.87. The first-order valence-corrected chi connectivity index (χ1v) is 7.19. The highest BCUT2D eigenvalue weighted by Crippen LogP contribution is 2.30. The fourth-order valence-corrected chi connectivity index (χ4v) is 2.70. The summed E-state index contributed by atoms with van der Waals surface area (Å²) in [5, 5.41) is 0. The molecular weight excluding hydrogens is 325 g/mol. The lowest BCUT2D eigenvalue weighted by Gasteiger charge is -2.31. The Labute approximate surface area is 117 Å². The van der Waals surface area contributed by atoms with Crippen molar-refractivity contribution in [2.24, 2.45) is 0 Å². The maximum absolute atomic E-state index is 5.41. The fraction of sp³-hybridized carbons (Fsp3) is 0.571. The molecule has 0 amide bonds. The maximum atomic E-state index is 5.41. The second-order valence-corrected chi connectivity index (χ2v) is 6.68. The first-order chi connectivity index (χ1) is 7.98. The minimum atomic E-state index is 0.214. The molecule has 94 valence electrons. The van der Waals surface area contributed by atoms with Gasteiger partial charge >= 0.3 is 0 Å². The molecule has 1 heterocycles. The highest BCUT2D eigenvalue weighted by molar-refractivity contribution is 14.1. The van der Waals surface area contributed by atoms with Crippen LogP contribution in [0.2, 0.25) is 0 Å². The zero-order valence-electron chi connectivity index (χ0n) is 10.8. The smallest absolute Gasteiger partial charge is 0.0642 e. The first-order valence-electron chi connectivity index (χ1n) is 6.11. The summed E-state index contributed by atoms with van der Waals surface area (Å²) in [5.41, 5.74) is 2.98. The third-order valence-electron chi connectivity index (χ3n) is 3.16. The van der Waals surface area contributed by atoms with E-state index >= 15 is 0 Å². The van der Waals surface area contributed by atoms with Crippen LogP contribution in [0, 0.1) is 3.57 Å². The van der Waals surface area contributed by atoms with E-state index in [0.717, 1.165) is 26.3 Å². The third kappa shape index (κ3) is 3.13. The number of hydrogen-bond acceptors (Lipinski definition) is 2. The second kappa shape index (κ2) is 5.14. The van der Waals surface area contributed by atoms with Crippen LogP contribution < -0.4 is 4.90 Å². The Morgan fingerprint density at radius 3 is 2.41 bits per heavy atom. The highest BCUT2D eigenvalue weighted by Gasteiger charge is 2.18. The van der Waals surface area contributed by atoms with Gasteiger partial charge in [0.1, 0.15) is 0 Å². The Kier molecular flexibility index (Phi) is 3.98. The van der Waals surface area contributed by atoms with Crippen LogP contribution in [-0.4, -0.2) is 26.3 Å². The summed E-state index contributed by atoms with van der Waals surface area (Å²) in [5.74, 6) is 0. The van der Waals surface area contributed by atoms with Gasteiger partial charge in [-0.3, -0.25) is 0 Å². The van der Waals surface area contributed by atoms with Crippen LogP contribution >= 0.6 is 22.6 Å². The first kappa shape index (κ1) is 13.1. The van der Waals surface area contributed by atoms with Crippen molar-refractivity contribution in [2.75, 3.05) is 31.2 Å². The Morgan fingerprint density at radius 1 is 1.18 bits per heavy atom. The van der Waals surface area contributed by atoms with Crippen LogP contribution in [0.25, 0.3) is 0 Å². The predicted octanol–water partition coefficient (Wildman–Crippen LogP) is 3.43. The summed E-state index contributed by atoms with van der Waals surface area (Å²) in [6.07, 6.45) is 0. The van der Waals surface area contributed by atoms with Gasteiger partial charge in [-0.25, -0.2) is 0 Å². The Bertz CT molecular complexity index is 392. The minimum Gasteiger partial charge on any atom is -0.378 e. The number of benzene rings is 1. The Balaban J connectivity index is 2.31. The molecule has 0 atom stereocenters. The normalized spacial score (nSPS) is 17.3. The molecule has 3 heteroatoms. The quantitative estimate of drug-likeness (QED) is 0.723. The molecule has 0 N–H and O–H groups in total. The van der Waals surface area contributed by atoms with Gasteiger partial charge in [0, 0.05) is 16.7 Å². The monoisotopic (exact) mass is 345 g/mol. The van der Waals surface area contributed by atoms with Gasteiger partial charge in [-0.15, -0.1) is 0 Å². The van der Waals surface area contributed by atoms with Gasteiger partial charge in [0.15, 0.2) is 0 Å². The molecule has 2 rings (SSSR count). The summed E-state index contributed by atoms with van der Waals surface area (Å²) < 4.78 is 6.75. The van der Waals surface area contributed by atoms with E-state index in [1.165, 1.54) is 14.8 Å². The van der Waals surface area contributed by atoms with Gasteiger partial charge < -0.3 is 9.64 Å². The molecule has 1 aromatic carbocycles. The number of halogens is 1. The molecule has 0 aliphatic carbocycles. The average Bonchev–Trinajstić information content (AvgIpc) is 2.29. The zero-order chi connectivity index (χ0) is 12.5. The van der Waals surface area contributed by atoms with Crippen LogP contribution in [0.4, 0.5) is 5.69 Å². The Morgan fingerprint density at radius 2 is 1.82 bits per heavy atom. The molecule has 0 radical (unpaired) electrons. The number of rotatable bonds is 1. The number of hydrogen-bond donors (Lipinski definition) is 0. The third-order valence-corrected chi connectivity index (χ3v) is 4.08.